The monoisotopic (exact) mass is 342 g/mol. The van der Waals surface area contributed by atoms with Gasteiger partial charge in [0, 0.05) is 0 Å². The van der Waals surface area contributed by atoms with Crippen LogP contribution in [0.25, 0.3) is 0 Å². The van der Waals surface area contributed by atoms with Crippen molar-refractivity contribution in [2.24, 2.45) is 23.2 Å². The summed E-state index contributed by atoms with van der Waals surface area (Å²) in [4.78, 5) is 11.9. The van der Waals surface area contributed by atoms with Crippen molar-refractivity contribution in [2.75, 3.05) is 0 Å². The molecular formula is C22H30O3. The van der Waals surface area contributed by atoms with E-state index in [1.807, 2.05) is 19.9 Å². The zero-order valence-corrected chi connectivity index (χ0v) is 15.6. The molecule has 0 saturated heterocycles. The van der Waals surface area contributed by atoms with Crippen LogP contribution in [0, 0.1) is 23.2 Å². The highest BCUT2D eigenvalue weighted by molar-refractivity contribution is 5.74. The summed E-state index contributed by atoms with van der Waals surface area (Å²) in [6, 6.07) is 6.26. The minimum atomic E-state index is -0.165. The average Bonchev–Trinajstić information content (AvgIpc) is 2.89. The van der Waals surface area contributed by atoms with Crippen molar-refractivity contribution in [1.29, 1.82) is 0 Å². The van der Waals surface area contributed by atoms with E-state index >= 15 is 0 Å². The highest BCUT2D eigenvalue weighted by Gasteiger charge is 2.54. The molecule has 5 atom stereocenters. The first-order valence-corrected chi connectivity index (χ1v) is 9.92. The second kappa shape index (κ2) is 6.12. The predicted octanol–water partition coefficient (Wildman–Crippen LogP) is 4.47. The molecule has 0 aliphatic heterocycles. The lowest BCUT2D eigenvalue weighted by atomic mass is 9.55. The topological polar surface area (TPSA) is 46.5 Å². The maximum Gasteiger partial charge on any atom is 0.313 e. The molecule has 2 saturated carbocycles. The Morgan fingerprint density at radius 3 is 2.80 bits per heavy atom. The number of fused-ring (bicyclic) bond motifs is 5. The van der Waals surface area contributed by atoms with Gasteiger partial charge < -0.3 is 9.84 Å². The lowest BCUT2D eigenvalue weighted by Crippen LogP contribution is -2.43. The second-order valence-electron chi connectivity index (χ2n) is 8.99. The van der Waals surface area contributed by atoms with Gasteiger partial charge in [-0.15, -0.1) is 0 Å². The maximum absolute atomic E-state index is 11.9. The van der Waals surface area contributed by atoms with Gasteiger partial charge in [-0.25, -0.2) is 0 Å². The predicted molar refractivity (Wildman–Crippen MR) is 97.5 cm³/mol. The highest BCUT2D eigenvalue weighted by Crippen LogP contribution is 2.60. The van der Waals surface area contributed by atoms with E-state index in [0.717, 1.165) is 19.3 Å². The Morgan fingerprint density at radius 2 is 2.04 bits per heavy atom. The molecule has 3 aliphatic rings. The average molecular weight is 342 g/mol. The molecule has 3 heteroatoms. The molecule has 0 heterocycles. The summed E-state index contributed by atoms with van der Waals surface area (Å²) in [5.74, 6) is 2.39. The highest BCUT2D eigenvalue weighted by atomic mass is 16.5. The van der Waals surface area contributed by atoms with Crippen LogP contribution >= 0.6 is 0 Å². The number of ether oxygens (including phenoxy) is 1. The Balaban J connectivity index is 1.58. The zero-order valence-electron chi connectivity index (χ0n) is 15.6. The van der Waals surface area contributed by atoms with Gasteiger partial charge in [-0.2, -0.15) is 0 Å². The summed E-state index contributed by atoms with van der Waals surface area (Å²) >= 11 is 0. The van der Waals surface area contributed by atoms with Crippen LogP contribution in [0.2, 0.25) is 0 Å². The molecule has 0 bridgehead atoms. The molecule has 4 rings (SSSR count). The van der Waals surface area contributed by atoms with Crippen LogP contribution in [0.15, 0.2) is 18.2 Å². The summed E-state index contributed by atoms with van der Waals surface area (Å²) in [5, 5.41) is 10.5. The third-order valence-corrected chi connectivity index (χ3v) is 7.34. The van der Waals surface area contributed by atoms with E-state index in [1.165, 1.54) is 30.4 Å². The van der Waals surface area contributed by atoms with E-state index in [4.69, 9.17) is 4.74 Å². The quantitative estimate of drug-likeness (QED) is 0.637. The number of aliphatic hydroxyl groups excluding tert-OH is 1. The van der Waals surface area contributed by atoms with Crippen molar-refractivity contribution in [3.63, 3.8) is 0 Å². The van der Waals surface area contributed by atoms with Gasteiger partial charge in [-0.1, -0.05) is 26.8 Å². The summed E-state index contributed by atoms with van der Waals surface area (Å²) < 4.78 is 5.51. The van der Waals surface area contributed by atoms with Crippen LogP contribution in [0.4, 0.5) is 0 Å². The molecule has 1 aromatic carbocycles. The number of carbonyl (C=O) groups is 1. The molecule has 3 nitrogen and oxygen atoms in total. The number of aryl methyl sites for hydroxylation is 1. The fourth-order valence-corrected chi connectivity index (χ4v) is 5.83. The van der Waals surface area contributed by atoms with Crippen LogP contribution in [0.3, 0.4) is 0 Å². The molecule has 25 heavy (non-hydrogen) atoms. The lowest BCUT2D eigenvalue weighted by molar-refractivity contribution is -0.137. The number of carbonyl (C=O) groups excluding carboxylic acids is 1. The fourth-order valence-electron chi connectivity index (χ4n) is 5.83. The van der Waals surface area contributed by atoms with Gasteiger partial charge in [0.1, 0.15) is 5.75 Å². The molecule has 0 aromatic heterocycles. The van der Waals surface area contributed by atoms with E-state index < -0.39 is 0 Å². The van der Waals surface area contributed by atoms with Crippen LogP contribution in [-0.4, -0.2) is 17.2 Å². The van der Waals surface area contributed by atoms with Gasteiger partial charge in [0.25, 0.3) is 0 Å². The Kier molecular flexibility index (Phi) is 4.18. The SMILES string of the molecule is CC(C)C(=O)Oc1ccc2c(c1)CC[C@@H]1[C@H]3CC[C@@H](O)[C@]3(C)CC[C@@H]21. The summed E-state index contributed by atoms with van der Waals surface area (Å²) in [6.07, 6.45) is 6.60. The summed E-state index contributed by atoms with van der Waals surface area (Å²) in [7, 11) is 0. The van der Waals surface area contributed by atoms with Crippen LogP contribution in [0.5, 0.6) is 5.75 Å². The van der Waals surface area contributed by atoms with Crippen LogP contribution in [0.1, 0.15) is 69.9 Å². The van der Waals surface area contributed by atoms with E-state index in [0.29, 0.717) is 23.5 Å². The molecule has 0 unspecified atom stereocenters. The van der Waals surface area contributed by atoms with Crippen molar-refractivity contribution < 1.29 is 14.6 Å². The third kappa shape index (κ3) is 2.71. The first-order valence-electron chi connectivity index (χ1n) is 9.92. The lowest BCUT2D eigenvalue weighted by Gasteiger charge is -2.50. The van der Waals surface area contributed by atoms with Crippen LogP contribution in [-0.2, 0) is 11.2 Å². The molecule has 2 fully saturated rings. The number of hydrogen-bond donors (Lipinski definition) is 1. The van der Waals surface area contributed by atoms with Gasteiger partial charge in [0.05, 0.1) is 12.0 Å². The minimum Gasteiger partial charge on any atom is -0.426 e. The number of benzene rings is 1. The third-order valence-electron chi connectivity index (χ3n) is 7.34. The summed E-state index contributed by atoms with van der Waals surface area (Å²) in [6.45, 7) is 6.04. The van der Waals surface area contributed by atoms with Gasteiger partial charge >= 0.3 is 5.97 Å². The molecule has 0 amide bonds. The van der Waals surface area contributed by atoms with E-state index in [2.05, 4.69) is 19.1 Å². The fraction of sp³-hybridized carbons (Fsp3) is 0.682. The van der Waals surface area contributed by atoms with Gasteiger partial charge in [0.2, 0.25) is 0 Å². The molecule has 3 aliphatic carbocycles. The van der Waals surface area contributed by atoms with Crippen molar-refractivity contribution in [3.8, 4) is 5.75 Å². The summed E-state index contributed by atoms with van der Waals surface area (Å²) in [5.41, 5.74) is 2.95. The van der Waals surface area contributed by atoms with E-state index in [-0.39, 0.29) is 23.4 Å². The first-order chi connectivity index (χ1) is 11.9. The van der Waals surface area contributed by atoms with Crippen molar-refractivity contribution in [2.45, 2.75) is 71.3 Å². The van der Waals surface area contributed by atoms with Crippen molar-refractivity contribution in [3.05, 3.63) is 29.3 Å². The molecule has 0 radical (unpaired) electrons. The molecule has 1 N–H and O–H groups in total. The van der Waals surface area contributed by atoms with E-state index in [9.17, 15) is 9.90 Å². The molecule has 1 aromatic rings. The normalized spacial score (nSPS) is 36.5. The minimum absolute atomic E-state index is 0.106. The molecule has 0 spiro atoms. The first kappa shape index (κ1) is 17.1. The number of aliphatic hydroxyl groups is 1. The number of esters is 1. The Hall–Kier alpha value is -1.35. The zero-order chi connectivity index (χ0) is 17.8. The number of hydrogen-bond acceptors (Lipinski definition) is 3. The van der Waals surface area contributed by atoms with Crippen molar-refractivity contribution >= 4 is 5.97 Å². The van der Waals surface area contributed by atoms with Gasteiger partial charge in [-0.3, -0.25) is 4.79 Å². The standard InChI is InChI=1S/C22H30O3/c1-13(2)21(24)25-15-5-7-16-14(12-15)4-6-18-17(16)10-11-22(3)19(18)8-9-20(22)23/h5,7,12-13,17-20,23H,4,6,8-11H2,1-3H3/t17-,18-,19+,20+,22+/m0/s1. The van der Waals surface area contributed by atoms with Crippen LogP contribution < -0.4 is 4.74 Å². The largest absolute Gasteiger partial charge is 0.426 e. The Bertz CT molecular complexity index is 680. The second-order valence-corrected chi connectivity index (χ2v) is 8.99. The number of rotatable bonds is 2. The van der Waals surface area contributed by atoms with Crippen molar-refractivity contribution in [1.82, 2.24) is 0 Å². The molecular weight excluding hydrogens is 312 g/mol. The van der Waals surface area contributed by atoms with E-state index in [1.54, 1.807) is 0 Å². The van der Waals surface area contributed by atoms with Gasteiger partial charge in [-0.05, 0) is 85.0 Å². The Morgan fingerprint density at radius 1 is 1.24 bits per heavy atom. The van der Waals surface area contributed by atoms with Gasteiger partial charge in [0.15, 0.2) is 0 Å². The molecule has 136 valence electrons. The smallest absolute Gasteiger partial charge is 0.313 e. The maximum atomic E-state index is 11.9. The Labute approximate surface area is 150 Å².